The van der Waals surface area contributed by atoms with Crippen LogP contribution in [0, 0.1) is 5.92 Å². The third-order valence-corrected chi connectivity index (χ3v) is 3.62. The number of nitrogens with one attached hydrogen (secondary N) is 1. The summed E-state index contributed by atoms with van der Waals surface area (Å²) in [6.07, 6.45) is 5.03. The molecule has 0 aromatic heterocycles. The normalized spacial score (nSPS) is 12.5. The van der Waals surface area contributed by atoms with E-state index in [-0.39, 0.29) is 0 Å². The lowest BCUT2D eigenvalue weighted by molar-refractivity contribution is 0.473. The summed E-state index contributed by atoms with van der Waals surface area (Å²) in [5.74, 6) is 0.713. The van der Waals surface area contributed by atoms with Crippen molar-refractivity contribution in [2.75, 3.05) is 11.9 Å². The minimum atomic E-state index is 0.713. The highest BCUT2D eigenvalue weighted by atomic mass is 35.5. The Hall–Kier alpha value is -0.400. The van der Waals surface area contributed by atoms with Crippen LogP contribution < -0.4 is 5.32 Å². The SMILES string of the molecule is CCCCC(CC)CNc1cc(Cl)ccc1Cl. The van der Waals surface area contributed by atoms with Gasteiger partial charge in [0.15, 0.2) is 0 Å². The van der Waals surface area contributed by atoms with Crippen LogP contribution in [0.25, 0.3) is 0 Å². The van der Waals surface area contributed by atoms with Gasteiger partial charge in [0.1, 0.15) is 0 Å². The molecule has 0 bridgehead atoms. The molecule has 0 aliphatic carbocycles. The first-order valence-electron chi connectivity index (χ1n) is 6.36. The molecule has 96 valence electrons. The number of rotatable bonds is 7. The van der Waals surface area contributed by atoms with Gasteiger partial charge in [0.25, 0.3) is 0 Å². The van der Waals surface area contributed by atoms with Gasteiger partial charge < -0.3 is 5.32 Å². The van der Waals surface area contributed by atoms with Crippen molar-refractivity contribution in [3.63, 3.8) is 0 Å². The topological polar surface area (TPSA) is 12.0 Å². The van der Waals surface area contributed by atoms with Crippen LogP contribution in [0.2, 0.25) is 10.0 Å². The molecule has 0 saturated heterocycles. The fourth-order valence-electron chi connectivity index (χ4n) is 1.83. The predicted molar refractivity (Wildman–Crippen MR) is 78.3 cm³/mol. The average Bonchev–Trinajstić information content (AvgIpc) is 2.33. The van der Waals surface area contributed by atoms with E-state index in [1.807, 2.05) is 18.2 Å². The van der Waals surface area contributed by atoms with E-state index in [0.29, 0.717) is 5.92 Å². The molecular weight excluding hydrogens is 253 g/mol. The van der Waals surface area contributed by atoms with Crippen molar-refractivity contribution in [2.24, 2.45) is 5.92 Å². The van der Waals surface area contributed by atoms with Crippen molar-refractivity contribution in [1.29, 1.82) is 0 Å². The molecule has 1 atom stereocenters. The van der Waals surface area contributed by atoms with Gasteiger partial charge in [0.2, 0.25) is 0 Å². The first kappa shape index (κ1) is 14.7. The molecule has 1 rings (SSSR count). The standard InChI is InChI=1S/C14H21Cl2N/c1-3-5-6-11(4-2)10-17-14-9-12(15)7-8-13(14)16/h7-9,11,17H,3-6,10H2,1-2H3. The molecular formula is C14H21Cl2N. The Morgan fingerprint density at radius 2 is 2.00 bits per heavy atom. The molecule has 0 aliphatic rings. The van der Waals surface area contributed by atoms with Crippen molar-refractivity contribution in [2.45, 2.75) is 39.5 Å². The molecule has 0 amide bonds. The minimum Gasteiger partial charge on any atom is -0.384 e. The fraction of sp³-hybridized carbons (Fsp3) is 0.571. The van der Waals surface area contributed by atoms with Crippen LogP contribution in [-0.2, 0) is 0 Å². The van der Waals surface area contributed by atoms with Gasteiger partial charge in [-0.25, -0.2) is 0 Å². The molecule has 0 fully saturated rings. The van der Waals surface area contributed by atoms with Crippen LogP contribution in [-0.4, -0.2) is 6.54 Å². The number of hydrogen-bond acceptors (Lipinski definition) is 1. The minimum absolute atomic E-state index is 0.713. The zero-order valence-corrected chi connectivity index (χ0v) is 12.1. The molecule has 0 spiro atoms. The predicted octanol–water partition coefficient (Wildman–Crippen LogP) is 5.62. The van der Waals surface area contributed by atoms with Gasteiger partial charge in [-0.15, -0.1) is 0 Å². The summed E-state index contributed by atoms with van der Waals surface area (Å²) < 4.78 is 0. The number of unbranched alkanes of at least 4 members (excludes halogenated alkanes) is 1. The van der Waals surface area contributed by atoms with Gasteiger partial charge in [-0.3, -0.25) is 0 Å². The Labute approximate surface area is 115 Å². The van der Waals surface area contributed by atoms with Crippen LogP contribution in [0.3, 0.4) is 0 Å². The van der Waals surface area contributed by atoms with E-state index in [4.69, 9.17) is 23.2 Å². The van der Waals surface area contributed by atoms with Gasteiger partial charge in [0, 0.05) is 11.6 Å². The Bertz CT molecular complexity index is 339. The summed E-state index contributed by atoms with van der Waals surface area (Å²) in [6.45, 7) is 5.44. The Balaban J connectivity index is 2.50. The highest BCUT2D eigenvalue weighted by Gasteiger charge is 2.07. The Morgan fingerprint density at radius 3 is 2.65 bits per heavy atom. The number of anilines is 1. The first-order chi connectivity index (χ1) is 8.17. The Morgan fingerprint density at radius 1 is 1.24 bits per heavy atom. The maximum absolute atomic E-state index is 6.11. The second-order valence-corrected chi connectivity index (χ2v) is 5.27. The molecule has 0 heterocycles. The van der Waals surface area contributed by atoms with Gasteiger partial charge in [-0.05, 0) is 30.5 Å². The summed E-state index contributed by atoms with van der Waals surface area (Å²) in [7, 11) is 0. The highest BCUT2D eigenvalue weighted by Crippen LogP contribution is 2.26. The van der Waals surface area contributed by atoms with Crippen LogP contribution in [0.15, 0.2) is 18.2 Å². The average molecular weight is 274 g/mol. The van der Waals surface area contributed by atoms with Crippen LogP contribution in [0.5, 0.6) is 0 Å². The van der Waals surface area contributed by atoms with Crippen molar-refractivity contribution < 1.29 is 0 Å². The number of benzene rings is 1. The quantitative estimate of drug-likeness (QED) is 0.680. The monoisotopic (exact) mass is 273 g/mol. The maximum Gasteiger partial charge on any atom is 0.0638 e. The highest BCUT2D eigenvalue weighted by molar-refractivity contribution is 6.35. The number of hydrogen-bond donors (Lipinski definition) is 1. The molecule has 0 radical (unpaired) electrons. The molecule has 3 heteroatoms. The van der Waals surface area contributed by atoms with Gasteiger partial charge >= 0.3 is 0 Å². The van der Waals surface area contributed by atoms with Crippen molar-refractivity contribution in [3.05, 3.63) is 28.2 Å². The zero-order chi connectivity index (χ0) is 12.7. The Kier molecular flexibility index (Phi) is 6.76. The number of halogens is 2. The molecule has 1 aromatic rings. The summed E-state index contributed by atoms with van der Waals surface area (Å²) >= 11 is 12.1. The lowest BCUT2D eigenvalue weighted by atomic mass is 9.99. The summed E-state index contributed by atoms with van der Waals surface area (Å²) in [5, 5.41) is 4.85. The van der Waals surface area contributed by atoms with Crippen molar-refractivity contribution in [1.82, 2.24) is 0 Å². The second-order valence-electron chi connectivity index (χ2n) is 4.42. The molecule has 17 heavy (non-hydrogen) atoms. The van der Waals surface area contributed by atoms with Crippen molar-refractivity contribution >= 4 is 28.9 Å². The van der Waals surface area contributed by atoms with E-state index in [9.17, 15) is 0 Å². The lowest BCUT2D eigenvalue weighted by Crippen LogP contribution is -2.13. The largest absolute Gasteiger partial charge is 0.384 e. The van der Waals surface area contributed by atoms with Gasteiger partial charge in [-0.2, -0.15) is 0 Å². The molecule has 1 unspecified atom stereocenters. The summed E-state index contributed by atoms with van der Waals surface area (Å²) in [4.78, 5) is 0. The zero-order valence-electron chi connectivity index (χ0n) is 10.6. The van der Waals surface area contributed by atoms with E-state index in [1.54, 1.807) is 0 Å². The third-order valence-electron chi connectivity index (χ3n) is 3.05. The fourth-order valence-corrected chi connectivity index (χ4v) is 2.19. The van der Waals surface area contributed by atoms with E-state index in [1.165, 1.54) is 25.7 Å². The second kappa shape index (κ2) is 7.84. The molecule has 0 saturated carbocycles. The summed E-state index contributed by atoms with van der Waals surface area (Å²) in [5.41, 5.74) is 0.939. The molecule has 1 N–H and O–H groups in total. The molecule has 1 nitrogen and oxygen atoms in total. The maximum atomic E-state index is 6.11. The molecule has 0 aliphatic heterocycles. The van der Waals surface area contributed by atoms with E-state index in [2.05, 4.69) is 19.2 Å². The van der Waals surface area contributed by atoms with E-state index < -0.39 is 0 Å². The van der Waals surface area contributed by atoms with Gasteiger partial charge in [-0.1, -0.05) is 56.3 Å². The lowest BCUT2D eigenvalue weighted by Gasteiger charge is -2.17. The van der Waals surface area contributed by atoms with Crippen LogP contribution in [0.1, 0.15) is 39.5 Å². The van der Waals surface area contributed by atoms with Crippen LogP contribution in [0.4, 0.5) is 5.69 Å². The first-order valence-corrected chi connectivity index (χ1v) is 7.11. The summed E-state index contributed by atoms with van der Waals surface area (Å²) in [6, 6.07) is 5.53. The van der Waals surface area contributed by atoms with Crippen molar-refractivity contribution in [3.8, 4) is 0 Å². The smallest absolute Gasteiger partial charge is 0.0638 e. The van der Waals surface area contributed by atoms with Crippen LogP contribution >= 0.6 is 23.2 Å². The molecule has 1 aromatic carbocycles. The third kappa shape index (κ3) is 5.18. The van der Waals surface area contributed by atoms with Gasteiger partial charge in [0.05, 0.1) is 10.7 Å². The van der Waals surface area contributed by atoms with E-state index >= 15 is 0 Å². The van der Waals surface area contributed by atoms with E-state index in [0.717, 1.165) is 22.3 Å².